The summed E-state index contributed by atoms with van der Waals surface area (Å²) in [5, 5.41) is 2.44. The van der Waals surface area contributed by atoms with Gasteiger partial charge in [0.25, 0.3) is 0 Å². The summed E-state index contributed by atoms with van der Waals surface area (Å²) in [7, 11) is 0. The van der Waals surface area contributed by atoms with E-state index in [2.05, 4.69) is 155 Å². The summed E-state index contributed by atoms with van der Waals surface area (Å²) in [6.45, 7) is 0. The molecule has 6 aliphatic rings. The van der Waals surface area contributed by atoms with Crippen molar-refractivity contribution in [2.75, 3.05) is 9.80 Å². The lowest BCUT2D eigenvalue weighted by molar-refractivity contribution is 0.267. The molecule has 4 heterocycles. The Labute approximate surface area is 315 Å². The molecule has 0 bridgehead atoms. The maximum absolute atomic E-state index is 7.00. The highest BCUT2D eigenvalue weighted by atomic mass is 16.5. The van der Waals surface area contributed by atoms with Crippen molar-refractivity contribution in [3.05, 3.63) is 196 Å². The third-order valence-electron chi connectivity index (χ3n) is 12.5. The first-order valence-electron chi connectivity index (χ1n) is 19.5. The van der Waals surface area contributed by atoms with Crippen LogP contribution < -0.4 is 19.3 Å². The van der Waals surface area contributed by atoms with Crippen LogP contribution in [0.1, 0.15) is 52.1 Å². The molecule has 54 heavy (non-hydrogen) atoms. The Morgan fingerprint density at radius 2 is 1.15 bits per heavy atom. The molecule has 4 nitrogen and oxygen atoms in total. The summed E-state index contributed by atoms with van der Waals surface area (Å²) in [4.78, 5) is 4.94. The molecule has 0 saturated heterocycles. The van der Waals surface area contributed by atoms with Gasteiger partial charge in [-0.05, 0) is 120 Å². The first-order chi connectivity index (χ1) is 26.8. The molecule has 2 unspecified atom stereocenters. The van der Waals surface area contributed by atoms with E-state index in [1.807, 2.05) is 0 Å². The molecule has 4 heteroatoms. The zero-order valence-electron chi connectivity index (χ0n) is 30.0. The third kappa shape index (κ3) is 4.43. The number of nitrogens with zero attached hydrogens (tertiary/aromatic N) is 2. The van der Waals surface area contributed by atoms with Crippen LogP contribution in [0.5, 0.6) is 11.5 Å². The van der Waals surface area contributed by atoms with E-state index in [4.69, 9.17) is 9.47 Å². The number of anilines is 4. The van der Waals surface area contributed by atoms with Gasteiger partial charge in [-0.2, -0.15) is 0 Å². The molecule has 260 valence electrons. The van der Waals surface area contributed by atoms with Gasteiger partial charge in [0.05, 0.1) is 0 Å². The standard InChI is InChI=1S/C50H38N2O2/c1-5-15-41-31(10-1)20-21-32-11-2-6-16-42(32)51(41)35-24-26-37-40-30-48-49(39-14-9-19-45(50(39)40)53-46(37)28-35)38-27-25-36(29-47(38)54-48)52-43-17-7-3-12-33(43)22-23-34-13-4-8-18-44(34)52/h1-19,25,27-30,38,47H,20-24,26H2. The monoisotopic (exact) mass is 698 g/mol. The van der Waals surface area contributed by atoms with Crippen molar-refractivity contribution >= 4 is 39.1 Å². The quantitative estimate of drug-likeness (QED) is 0.180. The summed E-state index contributed by atoms with van der Waals surface area (Å²) in [5.41, 5.74) is 16.8. The number of aryl methyl sites for hydroxylation is 4. The maximum atomic E-state index is 7.00. The first-order valence-corrected chi connectivity index (χ1v) is 19.5. The molecule has 2 atom stereocenters. The molecule has 12 rings (SSSR count). The molecule has 6 aromatic carbocycles. The number of fused-ring (bicyclic) bond motifs is 9. The number of rotatable bonds is 2. The molecule has 0 saturated carbocycles. The number of para-hydroxylation sites is 4. The van der Waals surface area contributed by atoms with Gasteiger partial charge < -0.3 is 19.3 Å². The van der Waals surface area contributed by atoms with Crippen molar-refractivity contribution in [1.82, 2.24) is 0 Å². The molecule has 0 aromatic heterocycles. The Kier molecular flexibility index (Phi) is 6.50. The summed E-state index contributed by atoms with van der Waals surface area (Å²) in [5.74, 6) is 2.99. The largest absolute Gasteiger partial charge is 0.485 e. The van der Waals surface area contributed by atoms with Crippen LogP contribution >= 0.6 is 0 Å². The van der Waals surface area contributed by atoms with Gasteiger partial charge in [-0.3, -0.25) is 0 Å². The van der Waals surface area contributed by atoms with Gasteiger partial charge in [-0.25, -0.2) is 0 Å². The third-order valence-corrected chi connectivity index (χ3v) is 12.5. The second-order valence-corrected chi connectivity index (χ2v) is 15.3. The molecule has 2 aliphatic carbocycles. The Bertz CT molecular complexity index is 2620. The van der Waals surface area contributed by atoms with Crippen LogP contribution in [-0.4, -0.2) is 6.10 Å². The second-order valence-electron chi connectivity index (χ2n) is 15.3. The molecule has 6 aromatic rings. The Balaban J connectivity index is 0.953. The van der Waals surface area contributed by atoms with Gasteiger partial charge in [0.1, 0.15) is 23.4 Å². The molecule has 0 radical (unpaired) electrons. The highest BCUT2D eigenvalue weighted by Gasteiger charge is 2.39. The van der Waals surface area contributed by atoms with E-state index in [1.54, 1.807) is 0 Å². The summed E-state index contributed by atoms with van der Waals surface area (Å²) in [6.07, 6.45) is 15.2. The summed E-state index contributed by atoms with van der Waals surface area (Å²) in [6, 6.07) is 44.4. The molecule has 0 spiro atoms. The van der Waals surface area contributed by atoms with Crippen LogP contribution in [0.25, 0.3) is 16.3 Å². The summed E-state index contributed by atoms with van der Waals surface area (Å²) < 4.78 is 13.9. The average Bonchev–Trinajstić information content (AvgIpc) is 3.38. The fourth-order valence-corrected chi connectivity index (χ4v) is 10.0. The van der Waals surface area contributed by atoms with Crippen LogP contribution in [0.3, 0.4) is 0 Å². The van der Waals surface area contributed by atoms with E-state index in [9.17, 15) is 0 Å². The lowest BCUT2D eigenvalue weighted by Crippen LogP contribution is -2.24. The fourth-order valence-electron chi connectivity index (χ4n) is 10.0. The van der Waals surface area contributed by atoms with Crippen molar-refractivity contribution in [3.63, 3.8) is 0 Å². The number of benzene rings is 6. The molecule has 4 aliphatic heterocycles. The van der Waals surface area contributed by atoms with E-state index < -0.39 is 0 Å². The highest BCUT2D eigenvalue weighted by Crippen LogP contribution is 2.54. The second kappa shape index (κ2) is 11.6. The minimum Gasteiger partial charge on any atom is -0.485 e. The lowest BCUT2D eigenvalue weighted by atomic mass is 9.83. The zero-order valence-corrected chi connectivity index (χ0v) is 30.0. The van der Waals surface area contributed by atoms with Gasteiger partial charge in [0.2, 0.25) is 0 Å². The number of hydrogen-bond donors (Lipinski definition) is 0. The number of allylic oxidation sites excluding steroid dienone is 4. The summed E-state index contributed by atoms with van der Waals surface area (Å²) >= 11 is 0. The van der Waals surface area contributed by atoms with E-state index in [0.717, 1.165) is 61.5 Å². The van der Waals surface area contributed by atoms with Gasteiger partial charge in [0, 0.05) is 62.7 Å². The van der Waals surface area contributed by atoms with Crippen LogP contribution in [0.4, 0.5) is 22.7 Å². The van der Waals surface area contributed by atoms with Crippen LogP contribution in [-0.2, 0) is 25.7 Å². The number of ether oxygens (including phenoxy) is 2. The minimum atomic E-state index is -0.0965. The SMILES string of the molecule is C1=CC2c3c(cc4c5c(cccc35)OC3=C4CCC(N4c5ccccc5CCc5ccccc54)=C3)OC2C=C1N1c2ccccc2CCc2ccccc21. The van der Waals surface area contributed by atoms with Crippen molar-refractivity contribution in [3.8, 4) is 11.5 Å². The maximum Gasteiger partial charge on any atom is 0.135 e. The zero-order chi connectivity index (χ0) is 35.3. The van der Waals surface area contributed by atoms with E-state index in [0.29, 0.717) is 0 Å². The van der Waals surface area contributed by atoms with E-state index >= 15 is 0 Å². The Hall–Kier alpha value is -6.26. The van der Waals surface area contributed by atoms with Gasteiger partial charge in [-0.15, -0.1) is 0 Å². The van der Waals surface area contributed by atoms with E-state index in [1.165, 1.54) is 78.2 Å². The average molecular weight is 699 g/mol. The van der Waals surface area contributed by atoms with Crippen LogP contribution in [0, 0.1) is 0 Å². The Morgan fingerprint density at radius 3 is 1.78 bits per heavy atom. The molecular weight excluding hydrogens is 661 g/mol. The topological polar surface area (TPSA) is 24.9 Å². The minimum absolute atomic E-state index is 0.0965. The van der Waals surface area contributed by atoms with Crippen molar-refractivity contribution in [2.24, 2.45) is 0 Å². The van der Waals surface area contributed by atoms with Crippen LogP contribution in [0.15, 0.2) is 163 Å². The van der Waals surface area contributed by atoms with Gasteiger partial charge >= 0.3 is 0 Å². The highest BCUT2D eigenvalue weighted by molar-refractivity contribution is 6.04. The lowest BCUT2D eigenvalue weighted by Gasteiger charge is -2.34. The Morgan fingerprint density at radius 1 is 0.556 bits per heavy atom. The molecule has 0 amide bonds. The van der Waals surface area contributed by atoms with Crippen molar-refractivity contribution in [2.45, 2.75) is 50.5 Å². The van der Waals surface area contributed by atoms with Crippen molar-refractivity contribution < 1.29 is 9.47 Å². The first kappa shape index (κ1) is 30.2. The van der Waals surface area contributed by atoms with Gasteiger partial charge in [0.15, 0.2) is 0 Å². The fraction of sp³-hybridized carbons (Fsp3) is 0.160. The molecule has 0 N–H and O–H groups in total. The predicted molar refractivity (Wildman–Crippen MR) is 218 cm³/mol. The van der Waals surface area contributed by atoms with Gasteiger partial charge in [-0.1, -0.05) is 91.0 Å². The molecule has 0 fully saturated rings. The number of hydrogen-bond acceptors (Lipinski definition) is 4. The van der Waals surface area contributed by atoms with E-state index in [-0.39, 0.29) is 12.0 Å². The molecular formula is C50H38N2O2. The smallest absolute Gasteiger partial charge is 0.135 e. The predicted octanol–water partition coefficient (Wildman–Crippen LogP) is 11.8. The normalized spacial score (nSPS) is 20.1. The van der Waals surface area contributed by atoms with Crippen LogP contribution in [0.2, 0.25) is 0 Å². The van der Waals surface area contributed by atoms with Crippen molar-refractivity contribution in [1.29, 1.82) is 0 Å².